The average Bonchev–Trinajstić information content (AvgIpc) is 2.27. The van der Waals surface area contributed by atoms with Crippen LogP contribution in [-0.4, -0.2) is 11.2 Å². The lowest BCUT2D eigenvalue weighted by molar-refractivity contribution is 0.184. The highest BCUT2D eigenvalue weighted by atomic mass is 79.9. The van der Waals surface area contributed by atoms with Crippen LogP contribution in [-0.2, 0) is 0 Å². The van der Waals surface area contributed by atoms with E-state index in [1.807, 2.05) is 13.0 Å². The molecule has 0 bridgehead atoms. The van der Waals surface area contributed by atoms with Crippen LogP contribution in [0.4, 0.5) is 0 Å². The van der Waals surface area contributed by atoms with Crippen molar-refractivity contribution < 1.29 is 9.84 Å². The number of benzene rings is 1. The fourth-order valence-electron chi connectivity index (χ4n) is 1.31. The van der Waals surface area contributed by atoms with Crippen molar-refractivity contribution in [2.45, 2.75) is 32.5 Å². The molecule has 0 saturated heterocycles. The third-order valence-electron chi connectivity index (χ3n) is 2.21. The minimum absolute atomic E-state index is 0.473. The van der Waals surface area contributed by atoms with Crippen LogP contribution in [0.15, 0.2) is 22.7 Å². The zero-order valence-electron chi connectivity index (χ0n) is 9.27. The van der Waals surface area contributed by atoms with Crippen LogP contribution >= 0.6 is 15.9 Å². The van der Waals surface area contributed by atoms with E-state index in [1.165, 1.54) is 0 Å². The first-order chi connectivity index (χ1) is 7.58. The van der Waals surface area contributed by atoms with Gasteiger partial charge in [-0.25, -0.2) is 0 Å². The molecule has 0 radical (unpaired) electrons. The summed E-state index contributed by atoms with van der Waals surface area (Å²) < 4.78 is 6.39. The molecular weight excluding hydrogens is 270 g/mol. The molecule has 0 amide bonds. The Balaban J connectivity index is 3.00. The maximum absolute atomic E-state index is 9.60. The van der Waals surface area contributed by atoms with E-state index in [-0.39, 0.29) is 0 Å². The van der Waals surface area contributed by atoms with E-state index >= 15 is 0 Å². The molecule has 0 heterocycles. The van der Waals surface area contributed by atoms with Gasteiger partial charge in [0.15, 0.2) is 6.10 Å². The molecule has 0 aromatic heterocycles. The van der Waals surface area contributed by atoms with Crippen molar-refractivity contribution >= 4 is 15.9 Å². The molecule has 1 aromatic carbocycles. The molecule has 1 N–H and O–H groups in total. The summed E-state index contributed by atoms with van der Waals surface area (Å²) in [6.07, 6.45) is -0.478. The lowest BCUT2D eigenvalue weighted by Gasteiger charge is -2.16. The van der Waals surface area contributed by atoms with Gasteiger partial charge in [-0.1, -0.05) is 22.9 Å². The fourth-order valence-corrected chi connectivity index (χ4v) is 1.69. The van der Waals surface area contributed by atoms with Crippen LogP contribution < -0.4 is 4.74 Å². The molecular formula is C12H14BrNO2. The Bertz CT molecular complexity index is 398. The predicted molar refractivity (Wildman–Crippen MR) is 65.1 cm³/mol. The number of rotatable bonds is 4. The van der Waals surface area contributed by atoms with E-state index in [2.05, 4.69) is 22.0 Å². The van der Waals surface area contributed by atoms with Crippen molar-refractivity contribution in [3.05, 3.63) is 28.2 Å². The van der Waals surface area contributed by atoms with Gasteiger partial charge in [0.1, 0.15) is 11.8 Å². The first-order valence-electron chi connectivity index (χ1n) is 5.12. The molecule has 16 heavy (non-hydrogen) atoms. The SMILES string of the molecule is CCC(C#N)Oc1ccc(Br)cc1C(C)O. The molecule has 0 aliphatic rings. The van der Waals surface area contributed by atoms with Gasteiger partial charge >= 0.3 is 0 Å². The zero-order chi connectivity index (χ0) is 12.1. The van der Waals surface area contributed by atoms with Gasteiger partial charge in [-0.2, -0.15) is 5.26 Å². The van der Waals surface area contributed by atoms with Gasteiger partial charge in [0.2, 0.25) is 0 Å². The van der Waals surface area contributed by atoms with Crippen LogP contribution in [0.1, 0.15) is 31.9 Å². The number of halogens is 1. The standard InChI is InChI=1S/C12H14BrNO2/c1-3-10(7-14)16-12-5-4-9(13)6-11(12)8(2)15/h4-6,8,10,15H,3H2,1-2H3. The van der Waals surface area contributed by atoms with Gasteiger partial charge in [0, 0.05) is 10.0 Å². The van der Waals surface area contributed by atoms with Crippen LogP contribution in [0.25, 0.3) is 0 Å². The molecule has 0 aliphatic carbocycles. The normalized spacial score (nSPS) is 13.9. The molecule has 4 heteroatoms. The quantitative estimate of drug-likeness (QED) is 0.923. The second kappa shape index (κ2) is 5.88. The molecule has 1 aromatic rings. The summed E-state index contributed by atoms with van der Waals surface area (Å²) in [6, 6.07) is 7.44. The maximum atomic E-state index is 9.60. The van der Waals surface area contributed by atoms with Crippen molar-refractivity contribution in [2.75, 3.05) is 0 Å². The number of ether oxygens (including phenoxy) is 1. The van der Waals surface area contributed by atoms with Crippen molar-refractivity contribution in [1.29, 1.82) is 5.26 Å². The number of nitriles is 1. The first kappa shape index (κ1) is 13.0. The van der Waals surface area contributed by atoms with Crippen LogP contribution in [0.2, 0.25) is 0 Å². The third-order valence-corrected chi connectivity index (χ3v) is 2.70. The van der Waals surface area contributed by atoms with Crippen LogP contribution in [0, 0.1) is 11.3 Å². The summed E-state index contributed by atoms with van der Waals surface area (Å²) in [5.41, 5.74) is 0.683. The molecule has 0 spiro atoms. The van der Waals surface area contributed by atoms with Gasteiger partial charge in [0.25, 0.3) is 0 Å². The van der Waals surface area contributed by atoms with Crippen molar-refractivity contribution in [1.82, 2.24) is 0 Å². The number of nitrogens with zero attached hydrogens (tertiary/aromatic N) is 1. The Morgan fingerprint density at radius 3 is 2.75 bits per heavy atom. The van der Waals surface area contributed by atoms with E-state index in [4.69, 9.17) is 10.00 Å². The third kappa shape index (κ3) is 3.22. The highest BCUT2D eigenvalue weighted by molar-refractivity contribution is 9.10. The summed E-state index contributed by atoms with van der Waals surface area (Å²) in [7, 11) is 0. The zero-order valence-corrected chi connectivity index (χ0v) is 10.9. The number of aliphatic hydroxyl groups is 1. The van der Waals surface area contributed by atoms with Crippen LogP contribution in [0.5, 0.6) is 5.75 Å². The summed E-state index contributed by atoms with van der Waals surface area (Å²) in [5, 5.41) is 18.4. The fraction of sp³-hybridized carbons (Fsp3) is 0.417. The molecule has 0 aliphatic heterocycles. The predicted octanol–water partition coefficient (Wildman–Crippen LogP) is 3.18. The Morgan fingerprint density at radius 1 is 1.56 bits per heavy atom. The summed E-state index contributed by atoms with van der Waals surface area (Å²) in [6.45, 7) is 3.55. The largest absolute Gasteiger partial charge is 0.475 e. The van der Waals surface area contributed by atoms with Gasteiger partial charge in [-0.05, 0) is 31.5 Å². The minimum Gasteiger partial charge on any atom is -0.475 e. The summed E-state index contributed by atoms with van der Waals surface area (Å²) in [5.74, 6) is 0.562. The van der Waals surface area contributed by atoms with Crippen molar-refractivity contribution in [3.63, 3.8) is 0 Å². The van der Waals surface area contributed by atoms with Gasteiger partial charge in [0.05, 0.1) is 6.10 Å². The number of aliphatic hydroxyl groups excluding tert-OH is 1. The topological polar surface area (TPSA) is 53.2 Å². The second-order valence-corrected chi connectivity index (χ2v) is 4.42. The highest BCUT2D eigenvalue weighted by Crippen LogP contribution is 2.29. The number of hydrogen-bond acceptors (Lipinski definition) is 3. The summed E-state index contributed by atoms with van der Waals surface area (Å²) in [4.78, 5) is 0. The smallest absolute Gasteiger partial charge is 0.184 e. The van der Waals surface area contributed by atoms with Crippen molar-refractivity contribution in [2.24, 2.45) is 0 Å². The van der Waals surface area contributed by atoms with Gasteiger partial charge < -0.3 is 9.84 Å². The van der Waals surface area contributed by atoms with E-state index in [1.54, 1.807) is 19.1 Å². The first-order valence-corrected chi connectivity index (χ1v) is 5.91. The molecule has 3 nitrogen and oxygen atoms in total. The average molecular weight is 284 g/mol. The lowest BCUT2D eigenvalue weighted by atomic mass is 10.1. The van der Waals surface area contributed by atoms with Crippen molar-refractivity contribution in [3.8, 4) is 11.8 Å². The molecule has 0 saturated carbocycles. The van der Waals surface area contributed by atoms with E-state index in [0.29, 0.717) is 17.7 Å². The molecule has 2 atom stereocenters. The summed E-state index contributed by atoms with van der Waals surface area (Å²) >= 11 is 3.33. The number of hydrogen-bond donors (Lipinski definition) is 1. The lowest BCUT2D eigenvalue weighted by Crippen LogP contribution is -2.13. The Kier molecular flexibility index (Phi) is 4.78. The molecule has 1 rings (SSSR count). The Labute approximate surface area is 104 Å². The molecule has 86 valence electrons. The van der Waals surface area contributed by atoms with E-state index in [0.717, 1.165) is 4.47 Å². The highest BCUT2D eigenvalue weighted by Gasteiger charge is 2.13. The molecule has 2 unspecified atom stereocenters. The van der Waals surface area contributed by atoms with E-state index in [9.17, 15) is 5.11 Å². The van der Waals surface area contributed by atoms with Gasteiger partial charge in [-0.3, -0.25) is 0 Å². The Hall–Kier alpha value is -1.05. The Morgan fingerprint density at radius 2 is 2.25 bits per heavy atom. The van der Waals surface area contributed by atoms with E-state index < -0.39 is 12.2 Å². The van der Waals surface area contributed by atoms with Gasteiger partial charge in [-0.15, -0.1) is 0 Å². The maximum Gasteiger partial charge on any atom is 0.184 e. The molecule has 0 fully saturated rings. The second-order valence-electron chi connectivity index (χ2n) is 3.50. The van der Waals surface area contributed by atoms with Crippen LogP contribution in [0.3, 0.4) is 0 Å². The minimum atomic E-state index is -0.622. The monoisotopic (exact) mass is 283 g/mol.